The number of amides is 3. The number of imide groups is 1. The van der Waals surface area contributed by atoms with E-state index in [0.717, 1.165) is 9.37 Å². The molecular formula is C20H19BrN2O4. The summed E-state index contributed by atoms with van der Waals surface area (Å²) >= 11 is 3.47. The molecule has 1 aliphatic rings. The fourth-order valence-corrected chi connectivity index (χ4v) is 3.19. The average Bonchev–Trinajstić information content (AvgIpc) is 2.93. The van der Waals surface area contributed by atoms with Crippen LogP contribution in [0.1, 0.15) is 19.4 Å². The molecular weight excluding hydrogens is 412 g/mol. The van der Waals surface area contributed by atoms with Crippen molar-refractivity contribution in [2.24, 2.45) is 0 Å². The maximum atomic E-state index is 12.7. The van der Waals surface area contributed by atoms with E-state index in [2.05, 4.69) is 21.2 Å². The van der Waals surface area contributed by atoms with Crippen LogP contribution in [-0.4, -0.2) is 25.2 Å². The number of ether oxygens (including phenoxy) is 2. The minimum absolute atomic E-state index is 0.181. The molecule has 0 spiro atoms. The zero-order valence-corrected chi connectivity index (χ0v) is 16.6. The Labute approximate surface area is 165 Å². The Morgan fingerprint density at radius 1 is 1.04 bits per heavy atom. The van der Waals surface area contributed by atoms with Gasteiger partial charge in [0.1, 0.15) is 17.2 Å². The molecule has 1 N–H and O–H groups in total. The number of rotatable bonds is 6. The second-order valence-corrected chi connectivity index (χ2v) is 6.51. The van der Waals surface area contributed by atoms with Crippen LogP contribution in [0.15, 0.2) is 52.6 Å². The van der Waals surface area contributed by atoms with Gasteiger partial charge in [-0.2, -0.15) is 0 Å². The molecule has 0 radical (unpaired) electrons. The van der Waals surface area contributed by atoms with Crippen molar-refractivity contribution in [3.63, 3.8) is 0 Å². The lowest BCUT2D eigenvalue weighted by Crippen LogP contribution is -2.30. The lowest BCUT2D eigenvalue weighted by molar-refractivity contribution is -0.113. The zero-order valence-electron chi connectivity index (χ0n) is 15.0. The van der Waals surface area contributed by atoms with Crippen LogP contribution >= 0.6 is 15.9 Å². The minimum atomic E-state index is -0.486. The first-order valence-electron chi connectivity index (χ1n) is 8.56. The Kier molecular flexibility index (Phi) is 5.81. The van der Waals surface area contributed by atoms with E-state index in [1.165, 1.54) is 0 Å². The van der Waals surface area contributed by atoms with Crippen molar-refractivity contribution in [3.05, 3.63) is 58.2 Å². The maximum absolute atomic E-state index is 12.7. The van der Waals surface area contributed by atoms with Crippen LogP contribution in [0.2, 0.25) is 0 Å². The monoisotopic (exact) mass is 430 g/mol. The number of carbonyl (C=O) groups is 2. The molecule has 27 heavy (non-hydrogen) atoms. The first-order chi connectivity index (χ1) is 13.0. The molecule has 7 heteroatoms. The third kappa shape index (κ3) is 3.98. The number of urea groups is 1. The second kappa shape index (κ2) is 8.26. The lowest BCUT2D eigenvalue weighted by atomic mass is 10.1. The van der Waals surface area contributed by atoms with Gasteiger partial charge in [0, 0.05) is 11.6 Å². The first kappa shape index (κ1) is 19.0. The van der Waals surface area contributed by atoms with Crippen molar-refractivity contribution in [3.8, 4) is 11.5 Å². The summed E-state index contributed by atoms with van der Waals surface area (Å²) in [7, 11) is 0. The molecule has 1 aliphatic heterocycles. The summed E-state index contributed by atoms with van der Waals surface area (Å²) < 4.78 is 12.0. The van der Waals surface area contributed by atoms with Crippen molar-refractivity contribution >= 4 is 39.6 Å². The molecule has 0 aliphatic carbocycles. The third-order valence-electron chi connectivity index (χ3n) is 3.86. The standard InChI is InChI=1S/C20H19BrN2O4/c1-3-26-17-12-18(27-4-2)15(21)10-13(17)11-16-19(24)23(20(25)22-16)14-8-6-5-7-9-14/h5-12H,3-4H2,1-2H3,(H,22,25)/b16-11+. The number of hydrogen-bond donors (Lipinski definition) is 1. The molecule has 2 aromatic rings. The molecule has 2 aromatic carbocycles. The van der Waals surface area contributed by atoms with Crippen LogP contribution in [0.3, 0.4) is 0 Å². The summed E-state index contributed by atoms with van der Waals surface area (Å²) in [5.41, 5.74) is 1.35. The van der Waals surface area contributed by atoms with Crippen LogP contribution in [-0.2, 0) is 4.79 Å². The summed E-state index contributed by atoms with van der Waals surface area (Å²) in [5.74, 6) is 0.798. The van der Waals surface area contributed by atoms with Crippen LogP contribution in [0.25, 0.3) is 6.08 Å². The van der Waals surface area contributed by atoms with Gasteiger partial charge in [0.15, 0.2) is 0 Å². The van der Waals surface area contributed by atoms with Crippen molar-refractivity contribution < 1.29 is 19.1 Å². The predicted octanol–water partition coefficient (Wildman–Crippen LogP) is 4.34. The summed E-state index contributed by atoms with van der Waals surface area (Å²) in [6.45, 7) is 4.75. The van der Waals surface area contributed by atoms with Gasteiger partial charge in [0.05, 0.1) is 23.4 Å². The smallest absolute Gasteiger partial charge is 0.333 e. The molecule has 6 nitrogen and oxygen atoms in total. The van der Waals surface area contributed by atoms with Gasteiger partial charge in [-0.05, 0) is 54.1 Å². The highest BCUT2D eigenvalue weighted by molar-refractivity contribution is 9.10. The first-order valence-corrected chi connectivity index (χ1v) is 9.35. The SMILES string of the molecule is CCOc1cc(OCC)c(/C=C2/NC(=O)N(c3ccccc3)C2=O)cc1Br. The molecule has 0 atom stereocenters. The second-order valence-electron chi connectivity index (χ2n) is 5.65. The molecule has 3 amide bonds. The van der Waals surface area contributed by atoms with Gasteiger partial charge in [-0.15, -0.1) is 0 Å². The topological polar surface area (TPSA) is 67.9 Å². The van der Waals surface area contributed by atoms with Crippen molar-refractivity contribution in [2.45, 2.75) is 13.8 Å². The Morgan fingerprint density at radius 2 is 1.70 bits per heavy atom. The van der Waals surface area contributed by atoms with Gasteiger partial charge >= 0.3 is 6.03 Å². The highest BCUT2D eigenvalue weighted by Gasteiger charge is 2.35. The van der Waals surface area contributed by atoms with Crippen molar-refractivity contribution in [2.75, 3.05) is 18.1 Å². The summed E-state index contributed by atoms with van der Waals surface area (Å²) in [6, 6.07) is 11.9. The molecule has 140 valence electrons. The van der Waals surface area contributed by atoms with E-state index in [4.69, 9.17) is 9.47 Å². The highest BCUT2D eigenvalue weighted by Crippen LogP contribution is 2.35. The number of carbonyl (C=O) groups excluding carboxylic acids is 2. The molecule has 1 heterocycles. The van der Waals surface area contributed by atoms with Gasteiger partial charge in [-0.25, -0.2) is 9.69 Å². The molecule has 0 saturated carbocycles. The van der Waals surface area contributed by atoms with E-state index in [0.29, 0.717) is 36.0 Å². The Hall–Kier alpha value is -2.80. The van der Waals surface area contributed by atoms with E-state index in [-0.39, 0.29) is 5.70 Å². The largest absolute Gasteiger partial charge is 0.493 e. The average molecular weight is 431 g/mol. The molecule has 1 saturated heterocycles. The Morgan fingerprint density at radius 3 is 2.37 bits per heavy atom. The third-order valence-corrected chi connectivity index (χ3v) is 4.48. The van der Waals surface area contributed by atoms with Crippen molar-refractivity contribution in [1.29, 1.82) is 0 Å². The molecule has 0 unspecified atom stereocenters. The number of para-hydroxylation sites is 1. The number of nitrogens with zero attached hydrogens (tertiary/aromatic N) is 1. The summed E-state index contributed by atoms with van der Waals surface area (Å²) in [5, 5.41) is 2.63. The van der Waals surface area contributed by atoms with Gasteiger partial charge < -0.3 is 14.8 Å². The van der Waals surface area contributed by atoms with Crippen LogP contribution in [0.5, 0.6) is 11.5 Å². The molecule has 0 aromatic heterocycles. The number of benzene rings is 2. The molecule has 1 fully saturated rings. The van der Waals surface area contributed by atoms with Gasteiger partial charge in [0.2, 0.25) is 0 Å². The van der Waals surface area contributed by atoms with Crippen LogP contribution in [0, 0.1) is 0 Å². The summed E-state index contributed by atoms with van der Waals surface area (Å²) in [6.07, 6.45) is 1.61. The number of halogens is 1. The molecule has 3 rings (SSSR count). The van der Waals surface area contributed by atoms with Crippen molar-refractivity contribution in [1.82, 2.24) is 5.32 Å². The fraction of sp³-hybridized carbons (Fsp3) is 0.200. The summed E-state index contributed by atoms with van der Waals surface area (Å²) in [4.78, 5) is 26.1. The zero-order chi connectivity index (χ0) is 19.4. The van der Waals surface area contributed by atoms with Gasteiger partial charge in [-0.1, -0.05) is 18.2 Å². The van der Waals surface area contributed by atoms with E-state index < -0.39 is 11.9 Å². The fourth-order valence-electron chi connectivity index (χ4n) is 2.71. The van der Waals surface area contributed by atoms with E-state index >= 15 is 0 Å². The Balaban J connectivity index is 1.98. The van der Waals surface area contributed by atoms with Crippen LogP contribution < -0.4 is 19.7 Å². The predicted molar refractivity (Wildman–Crippen MR) is 107 cm³/mol. The normalized spacial score (nSPS) is 15.2. The Bertz CT molecular complexity index is 896. The maximum Gasteiger partial charge on any atom is 0.333 e. The number of anilines is 1. The number of hydrogen-bond acceptors (Lipinski definition) is 4. The quantitative estimate of drug-likeness (QED) is 0.546. The highest BCUT2D eigenvalue weighted by atomic mass is 79.9. The van der Waals surface area contributed by atoms with E-state index in [1.807, 2.05) is 19.9 Å². The van der Waals surface area contributed by atoms with E-state index in [9.17, 15) is 9.59 Å². The molecule has 0 bridgehead atoms. The van der Waals surface area contributed by atoms with E-state index in [1.54, 1.807) is 42.5 Å². The van der Waals surface area contributed by atoms with Gasteiger partial charge in [-0.3, -0.25) is 4.79 Å². The van der Waals surface area contributed by atoms with Crippen LogP contribution in [0.4, 0.5) is 10.5 Å². The van der Waals surface area contributed by atoms with Gasteiger partial charge in [0.25, 0.3) is 5.91 Å². The minimum Gasteiger partial charge on any atom is -0.493 e. The lowest BCUT2D eigenvalue weighted by Gasteiger charge is -2.13. The number of nitrogens with one attached hydrogen (secondary N) is 1.